The number of nitrogens with one attached hydrogen (secondary N) is 4. The molecule has 5 aromatic rings. The minimum absolute atomic E-state index is 0.0692. The van der Waals surface area contributed by atoms with Crippen molar-refractivity contribution in [2.24, 2.45) is 0 Å². The molecule has 24 heteroatoms. The van der Waals surface area contributed by atoms with Crippen LogP contribution in [0.15, 0.2) is 73.1 Å². The summed E-state index contributed by atoms with van der Waals surface area (Å²) in [5.74, 6) is -2.49. The molecular formula is C54H60F3N11O10. The van der Waals surface area contributed by atoms with Gasteiger partial charge in [-0.05, 0) is 68.9 Å². The normalized spacial score (nSPS) is 20.4. The van der Waals surface area contributed by atoms with Gasteiger partial charge in [-0.25, -0.2) is 9.97 Å². The van der Waals surface area contributed by atoms with Gasteiger partial charge in [-0.2, -0.15) is 18.3 Å². The fourth-order valence-electron chi connectivity index (χ4n) is 10.3. The van der Waals surface area contributed by atoms with Crippen LogP contribution >= 0.6 is 0 Å². The molecule has 7 N–H and O–H groups in total. The van der Waals surface area contributed by atoms with E-state index in [-0.39, 0.29) is 119 Å². The van der Waals surface area contributed by atoms with E-state index in [4.69, 9.17) is 25.0 Å². The van der Waals surface area contributed by atoms with E-state index in [0.29, 0.717) is 64.9 Å². The van der Waals surface area contributed by atoms with Gasteiger partial charge in [0.15, 0.2) is 6.23 Å². The van der Waals surface area contributed by atoms with Crippen LogP contribution in [0.3, 0.4) is 0 Å². The van der Waals surface area contributed by atoms with Crippen LogP contribution in [0.1, 0.15) is 107 Å². The summed E-state index contributed by atoms with van der Waals surface area (Å²) in [7, 11) is 0. The van der Waals surface area contributed by atoms with Gasteiger partial charge in [0, 0.05) is 78.9 Å². The predicted octanol–water partition coefficient (Wildman–Crippen LogP) is 5.39. The molecule has 1 saturated carbocycles. The Labute approximate surface area is 446 Å². The lowest BCUT2D eigenvalue weighted by molar-refractivity contribution is -0.140. The Kier molecular flexibility index (Phi) is 17.4. The summed E-state index contributed by atoms with van der Waals surface area (Å²) in [6.07, 6.45) is 4.46. The Hall–Kier alpha value is -7.80. The van der Waals surface area contributed by atoms with Gasteiger partial charge in [-0.3, -0.25) is 43.7 Å². The molecule has 0 spiro atoms. The van der Waals surface area contributed by atoms with Crippen LogP contribution in [0.2, 0.25) is 0 Å². The van der Waals surface area contributed by atoms with Gasteiger partial charge < -0.3 is 45.9 Å². The van der Waals surface area contributed by atoms with Gasteiger partial charge in [0.05, 0.1) is 74.1 Å². The van der Waals surface area contributed by atoms with E-state index in [1.807, 2.05) is 16.8 Å². The molecule has 78 heavy (non-hydrogen) atoms. The molecular weight excluding hydrogens is 1020 g/mol. The minimum atomic E-state index is -4.61. The number of imide groups is 1. The summed E-state index contributed by atoms with van der Waals surface area (Å²) in [5.41, 5.74) is 9.50. The van der Waals surface area contributed by atoms with Gasteiger partial charge in [-0.1, -0.05) is 36.4 Å². The van der Waals surface area contributed by atoms with Crippen LogP contribution in [-0.2, 0) is 39.6 Å². The minimum Gasteiger partial charge on any atom is -0.383 e. The summed E-state index contributed by atoms with van der Waals surface area (Å²) in [6.45, 7) is 2.40. The van der Waals surface area contributed by atoms with Crippen LogP contribution in [-0.4, -0.2) is 141 Å². The molecule has 0 radical (unpaired) electrons. The molecule has 2 aromatic carbocycles. The number of aliphatic hydroxyl groups excluding tert-OH is 1. The van der Waals surface area contributed by atoms with Crippen molar-refractivity contribution < 1.29 is 61.3 Å². The van der Waals surface area contributed by atoms with Gasteiger partial charge in [0.1, 0.15) is 23.4 Å². The average molecular weight is 1080 g/mol. The Morgan fingerprint density at radius 2 is 1.65 bits per heavy atom. The first-order chi connectivity index (χ1) is 37.6. The summed E-state index contributed by atoms with van der Waals surface area (Å²) in [5, 5.41) is 27.7. The predicted molar refractivity (Wildman–Crippen MR) is 278 cm³/mol. The number of pyridine rings is 2. The fraction of sp³-hybridized carbons (Fsp3) is 0.426. The summed E-state index contributed by atoms with van der Waals surface area (Å²) in [4.78, 5) is 88.8. The molecule has 4 aliphatic rings. The molecule has 2 fully saturated rings. The summed E-state index contributed by atoms with van der Waals surface area (Å²) in [6, 6.07) is 11.8. The maximum atomic E-state index is 13.7. The van der Waals surface area contributed by atoms with E-state index in [1.165, 1.54) is 12.1 Å². The third-order valence-electron chi connectivity index (χ3n) is 14.1. The number of alkyl halides is 3. The number of rotatable bonds is 17. The quantitative estimate of drug-likeness (QED) is 0.0504. The van der Waals surface area contributed by atoms with Crippen LogP contribution in [0.25, 0.3) is 28.2 Å². The van der Waals surface area contributed by atoms with Crippen molar-refractivity contribution in [2.45, 2.75) is 88.3 Å². The highest BCUT2D eigenvalue weighted by atomic mass is 19.4. The Morgan fingerprint density at radius 1 is 0.885 bits per heavy atom. The number of halogens is 3. The number of aliphatic hydroxyl groups is 1. The highest BCUT2D eigenvalue weighted by Gasteiger charge is 2.45. The zero-order valence-corrected chi connectivity index (χ0v) is 42.6. The number of piperidine rings is 1. The second-order valence-electron chi connectivity index (χ2n) is 19.3. The van der Waals surface area contributed by atoms with Crippen LogP contribution in [0.4, 0.5) is 30.5 Å². The van der Waals surface area contributed by atoms with E-state index < -0.39 is 47.6 Å². The number of amides is 6. The highest BCUT2D eigenvalue weighted by molar-refractivity contribution is 6.09. The lowest BCUT2D eigenvalue weighted by atomic mass is 9.90. The lowest BCUT2D eigenvalue weighted by Gasteiger charge is -2.31. The third-order valence-corrected chi connectivity index (χ3v) is 14.1. The first-order valence-corrected chi connectivity index (χ1v) is 25.9. The molecule has 2 bridgehead atoms. The number of anilines is 3. The fourth-order valence-corrected chi connectivity index (χ4v) is 10.3. The van der Waals surface area contributed by atoms with E-state index >= 15 is 0 Å². The van der Waals surface area contributed by atoms with Crippen LogP contribution in [0.5, 0.6) is 0 Å². The summed E-state index contributed by atoms with van der Waals surface area (Å²) < 4.78 is 58.9. The first kappa shape index (κ1) is 55.0. The number of benzene rings is 2. The van der Waals surface area contributed by atoms with E-state index in [0.717, 1.165) is 42.5 Å². The second kappa shape index (κ2) is 24.7. The Morgan fingerprint density at radius 3 is 2.42 bits per heavy atom. The van der Waals surface area contributed by atoms with Gasteiger partial charge in [0.25, 0.3) is 11.8 Å². The first-order valence-electron chi connectivity index (χ1n) is 25.9. The monoisotopic (exact) mass is 1080 g/mol. The average Bonchev–Trinajstić information content (AvgIpc) is 4.13. The van der Waals surface area contributed by atoms with Gasteiger partial charge in [-0.15, -0.1) is 0 Å². The molecule has 3 aliphatic heterocycles. The molecule has 1 saturated heterocycles. The molecule has 4 atom stereocenters. The SMILES string of the molecule is Nc1ncc2c3c1c(-c1ccc(C(=O)Nc4cc(C(F)(F)F)ccn4)cc1)nn3[C@@H]1CCC[C@H](C1)NC(=O)CCCN(C(=O)CCOCCOCCOCCNc1cccc3c1C(=O)N(C1CCC(=O)NC1=O)C3O)C/C=C/2. The van der Waals surface area contributed by atoms with Crippen molar-refractivity contribution in [2.75, 3.05) is 75.6 Å². The van der Waals surface area contributed by atoms with Crippen molar-refractivity contribution in [1.29, 1.82) is 0 Å². The Bertz CT molecular complexity index is 3080. The third kappa shape index (κ3) is 12.8. The smallest absolute Gasteiger partial charge is 0.383 e. The van der Waals surface area contributed by atoms with E-state index in [1.54, 1.807) is 41.4 Å². The molecule has 3 aromatic heterocycles. The number of nitrogens with zero attached hydrogens (tertiary/aromatic N) is 6. The maximum absolute atomic E-state index is 13.7. The van der Waals surface area contributed by atoms with Crippen molar-refractivity contribution in [3.63, 3.8) is 0 Å². The number of carbonyl (C=O) groups is 6. The molecule has 412 valence electrons. The maximum Gasteiger partial charge on any atom is 0.416 e. The molecule has 6 heterocycles. The van der Waals surface area contributed by atoms with Crippen LogP contribution < -0.4 is 27.0 Å². The topological polar surface area (TPSA) is 275 Å². The van der Waals surface area contributed by atoms with Crippen LogP contribution in [0, 0.1) is 0 Å². The second-order valence-corrected chi connectivity index (χ2v) is 19.3. The largest absolute Gasteiger partial charge is 0.416 e. The Balaban J connectivity index is 0.763. The van der Waals surface area contributed by atoms with E-state index in [9.17, 15) is 47.0 Å². The van der Waals surface area contributed by atoms with Crippen molar-refractivity contribution in [1.82, 2.24) is 40.2 Å². The van der Waals surface area contributed by atoms with Gasteiger partial charge >= 0.3 is 6.18 Å². The lowest BCUT2D eigenvalue weighted by Crippen LogP contribution is -2.53. The number of hydrogen-bond acceptors (Lipinski definition) is 15. The summed E-state index contributed by atoms with van der Waals surface area (Å²) >= 11 is 0. The number of fused-ring (bicyclic) bond motifs is 4. The zero-order valence-electron chi connectivity index (χ0n) is 42.6. The van der Waals surface area contributed by atoms with Gasteiger partial charge in [0.2, 0.25) is 23.6 Å². The molecule has 2 unspecified atom stereocenters. The zero-order chi connectivity index (χ0) is 54.9. The number of nitrogen functional groups attached to an aromatic ring is 1. The molecule has 1 aliphatic carbocycles. The number of hydrogen-bond donors (Lipinski definition) is 6. The van der Waals surface area contributed by atoms with Crippen molar-refractivity contribution >= 4 is 69.7 Å². The molecule has 9 rings (SSSR count). The van der Waals surface area contributed by atoms with Crippen molar-refractivity contribution in [3.05, 3.63) is 101 Å². The number of nitrogens with two attached hydrogens (primary N) is 1. The number of aromatic nitrogens is 4. The highest BCUT2D eigenvalue weighted by Crippen LogP contribution is 2.41. The van der Waals surface area contributed by atoms with Crippen molar-refractivity contribution in [3.8, 4) is 11.3 Å². The number of carbonyl (C=O) groups excluding carboxylic acids is 6. The van der Waals surface area contributed by atoms with E-state index in [2.05, 4.69) is 31.2 Å². The number of ether oxygens (including phenoxy) is 3. The molecule has 6 amide bonds. The molecule has 21 nitrogen and oxygen atoms in total. The standard InChI is InChI=1S/C54H60F3N11O10/c55-54(56,57)35-17-19-60-41(29-35)63-50(72)33-13-11-32(12-14-33)47-46-48-34(31-61-49(46)58)5-3-21-66(22-4-10-42(69)62-36-6-1-7-37(30-36)68(48)65-47)44(71)18-23-76-25-27-78-28-26-77-24-20-59-39-9-2-8-38-45(39)53(75)67(52(38)74)40-15-16-43(70)64-51(40)73/h2-3,5,8-9,11-14,17,19,29,31,36-37,40,52,59,74H,1,4,6-7,10,15-16,18,20-28,30H2,(H2,58,61)(H,62,69)(H,60,63,72)(H,64,70,73)/b5-3+/t36-,37-,40?,52?/m1/s1.